The largest absolute Gasteiger partial charge is 0.506 e. The molecule has 0 bridgehead atoms. The molecule has 8 nitrogen and oxygen atoms in total. The molecule has 2 aromatic carbocycles. The fourth-order valence-electron chi connectivity index (χ4n) is 3.77. The van der Waals surface area contributed by atoms with Crippen molar-refractivity contribution < 1.29 is 19.8 Å². The Balaban J connectivity index is 1.61. The van der Waals surface area contributed by atoms with Gasteiger partial charge in [0.25, 0.3) is 5.91 Å². The van der Waals surface area contributed by atoms with Crippen LogP contribution in [-0.2, 0) is 12.8 Å². The summed E-state index contributed by atoms with van der Waals surface area (Å²) in [7, 11) is 1.73. The Kier molecular flexibility index (Phi) is 5.44. The van der Waals surface area contributed by atoms with Gasteiger partial charge in [0, 0.05) is 19.2 Å². The van der Waals surface area contributed by atoms with Crippen LogP contribution in [0.2, 0.25) is 0 Å². The van der Waals surface area contributed by atoms with E-state index in [1.807, 2.05) is 12.1 Å². The number of carboxylic acid groups (broad SMARTS) is 1. The molecule has 0 fully saturated rings. The molecular formula is C23H22N4O4. The maximum Gasteiger partial charge on any atom is 0.409 e. The van der Waals surface area contributed by atoms with Crippen LogP contribution in [0.4, 0.5) is 22.0 Å². The van der Waals surface area contributed by atoms with Crippen LogP contribution in [0.3, 0.4) is 0 Å². The highest BCUT2D eigenvalue weighted by Gasteiger charge is 2.28. The molecule has 0 saturated carbocycles. The van der Waals surface area contributed by atoms with Gasteiger partial charge < -0.3 is 20.4 Å². The number of pyridine rings is 1. The number of nitrogens with one attached hydrogen (secondary N) is 2. The summed E-state index contributed by atoms with van der Waals surface area (Å²) in [6, 6.07) is 17.6. The Hall–Kier alpha value is -4.07. The first-order chi connectivity index (χ1) is 14.9. The number of rotatable bonds is 5. The van der Waals surface area contributed by atoms with Crippen molar-refractivity contribution in [1.29, 1.82) is 0 Å². The molecule has 1 aliphatic rings. The molecule has 158 valence electrons. The number of hydrogen-bond acceptors (Lipinski definition) is 5. The van der Waals surface area contributed by atoms with E-state index in [1.165, 1.54) is 29.3 Å². The molecule has 0 spiro atoms. The van der Waals surface area contributed by atoms with Crippen LogP contribution < -0.4 is 10.6 Å². The van der Waals surface area contributed by atoms with Crippen molar-refractivity contribution in [2.24, 2.45) is 0 Å². The molecule has 0 radical (unpaired) electrons. The Labute approximate surface area is 179 Å². The molecule has 1 aliphatic carbocycles. The quantitative estimate of drug-likeness (QED) is 0.468. The van der Waals surface area contributed by atoms with Crippen molar-refractivity contribution in [3.63, 3.8) is 0 Å². The predicted octanol–water partition coefficient (Wildman–Crippen LogP) is 3.86. The summed E-state index contributed by atoms with van der Waals surface area (Å²) < 4.78 is 0. The lowest BCUT2D eigenvalue weighted by Gasteiger charge is -2.24. The fraction of sp³-hybridized carbons (Fsp3) is 0.174. The van der Waals surface area contributed by atoms with Gasteiger partial charge in [-0.3, -0.25) is 10.1 Å². The normalized spacial score (nSPS) is 12.8. The summed E-state index contributed by atoms with van der Waals surface area (Å²) >= 11 is 0. The van der Waals surface area contributed by atoms with Crippen LogP contribution in [0.5, 0.6) is 5.75 Å². The van der Waals surface area contributed by atoms with Crippen molar-refractivity contribution in [2.45, 2.75) is 18.9 Å². The van der Waals surface area contributed by atoms with Gasteiger partial charge in [0.05, 0.1) is 11.4 Å². The number of benzene rings is 2. The monoisotopic (exact) mass is 418 g/mol. The number of likely N-dealkylation sites (N-methyl/N-ethyl adjacent to an activating group) is 1. The lowest BCUT2D eigenvalue weighted by Crippen LogP contribution is -2.38. The Morgan fingerprint density at radius 2 is 1.68 bits per heavy atom. The summed E-state index contributed by atoms with van der Waals surface area (Å²) in [5, 5.41) is 24.3. The second-order valence-electron chi connectivity index (χ2n) is 7.45. The number of fused-ring (bicyclic) bond motifs is 1. The van der Waals surface area contributed by atoms with E-state index in [4.69, 9.17) is 5.11 Å². The number of phenols is 1. The van der Waals surface area contributed by atoms with Gasteiger partial charge >= 0.3 is 6.09 Å². The summed E-state index contributed by atoms with van der Waals surface area (Å²) in [4.78, 5) is 30.4. The van der Waals surface area contributed by atoms with Crippen molar-refractivity contribution >= 4 is 29.2 Å². The zero-order valence-corrected chi connectivity index (χ0v) is 16.9. The molecule has 4 N–H and O–H groups in total. The molecule has 3 aromatic rings. The van der Waals surface area contributed by atoms with Crippen molar-refractivity contribution in [1.82, 2.24) is 9.88 Å². The second-order valence-corrected chi connectivity index (χ2v) is 7.45. The molecule has 8 heteroatoms. The van der Waals surface area contributed by atoms with E-state index in [1.54, 1.807) is 30.1 Å². The number of hydrogen-bond donors (Lipinski definition) is 4. The smallest absolute Gasteiger partial charge is 0.409 e. The highest BCUT2D eigenvalue weighted by Crippen LogP contribution is 2.28. The minimum absolute atomic E-state index is 0.00244. The van der Waals surface area contributed by atoms with E-state index in [-0.39, 0.29) is 34.9 Å². The summed E-state index contributed by atoms with van der Waals surface area (Å²) in [6.07, 6.45) is 0.265. The molecular weight excluding hydrogens is 396 g/mol. The number of aromatic hydroxyl groups is 1. The van der Waals surface area contributed by atoms with Gasteiger partial charge in [0.1, 0.15) is 17.3 Å². The number of amides is 2. The van der Waals surface area contributed by atoms with Gasteiger partial charge in [0.2, 0.25) is 0 Å². The molecule has 0 unspecified atom stereocenters. The molecule has 1 aromatic heterocycles. The van der Waals surface area contributed by atoms with E-state index >= 15 is 0 Å². The number of carbonyl (C=O) groups is 2. The van der Waals surface area contributed by atoms with Gasteiger partial charge in [-0.15, -0.1) is 0 Å². The number of anilines is 3. The van der Waals surface area contributed by atoms with Crippen molar-refractivity contribution in [3.05, 3.63) is 77.5 Å². The van der Waals surface area contributed by atoms with E-state index in [0.29, 0.717) is 5.69 Å². The molecule has 0 atom stereocenters. The van der Waals surface area contributed by atoms with E-state index in [0.717, 1.165) is 12.8 Å². The van der Waals surface area contributed by atoms with Crippen LogP contribution in [0.15, 0.2) is 60.7 Å². The molecule has 4 rings (SSSR count). The maximum atomic E-state index is 13.2. The number of aromatic nitrogens is 1. The summed E-state index contributed by atoms with van der Waals surface area (Å²) in [6.45, 7) is 0. The third-order valence-electron chi connectivity index (χ3n) is 5.36. The topological polar surface area (TPSA) is 115 Å². The Morgan fingerprint density at radius 1 is 1.03 bits per heavy atom. The molecule has 31 heavy (non-hydrogen) atoms. The van der Waals surface area contributed by atoms with Crippen molar-refractivity contribution in [2.75, 3.05) is 17.7 Å². The average Bonchev–Trinajstić information content (AvgIpc) is 3.18. The number of nitrogens with zero attached hydrogens (tertiary/aromatic N) is 2. The van der Waals surface area contributed by atoms with Crippen molar-refractivity contribution in [3.8, 4) is 5.75 Å². The molecule has 1 heterocycles. The lowest BCUT2D eigenvalue weighted by molar-refractivity contribution is 0.0732. The third-order valence-corrected chi connectivity index (χ3v) is 5.36. The first-order valence-corrected chi connectivity index (χ1v) is 9.81. The standard InChI is InChI=1S/C23H22N4O4/c1-27(17-10-14-6-2-3-7-15(14)11-17)22(29)19-12-16(24-23(30)31)13-21(26-19)25-18-8-4-5-9-20(18)28/h2-9,12-13,17,28H,10-11H2,1H3,(H,30,31)(H2,24,25,26). The lowest BCUT2D eigenvalue weighted by atomic mass is 10.1. The highest BCUT2D eigenvalue weighted by atomic mass is 16.4. The van der Waals surface area contributed by atoms with Crippen LogP contribution >= 0.6 is 0 Å². The molecule has 2 amide bonds. The van der Waals surface area contributed by atoms with E-state index in [9.17, 15) is 14.7 Å². The van der Waals surface area contributed by atoms with Crippen LogP contribution in [0.1, 0.15) is 21.6 Å². The number of carbonyl (C=O) groups excluding carboxylic acids is 1. The van der Waals surface area contributed by atoms with Gasteiger partial charge in [-0.05, 0) is 42.2 Å². The van der Waals surface area contributed by atoms with E-state index in [2.05, 4.69) is 27.8 Å². The SMILES string of the molecule is CN(C(=O)c1cc(NC(=O)O)cc(Nc2ccccc2O)n1)C1Cc2ccccc2C1. The predicted molar refractivity (Wildman–Crippen MR) is 117 cm³/mol. The minimum Gasteiger partial charge on any atom is -0.506 e. The van der Waals surface area contributed by atoms with E-state index < -0.39 is 6.09 Å². The van der Waals surface area contributed by atoms with Crippen LogP contribution in [0.25, 0.3) is 0 Å². The summed E-state index contributed by atoms with van der Waals surface area (Å²) in [5.41, 5.74) is 3.14. The Morgan fingerprint density at radius 3 is 2.32 bits per heavy atom. The van der Waals surface area contributed by atoms with Gasteiger partial charge in [-0.1, -0.05) is 36.4 Å². The molecule has 0 aliphatic heterocycles. The zero-order chi connectivity index (χ0) is 22.0. The molecule has 0 saturated heterocycles. The number of phenolic OH excluding ortho intramolecular Hbond substituents is 1. The number of para-hydroxylation sites is 2. The fourth-order valence-corrected chi connectivity index (χ4v) is 3.77. The Bertz CT molecular complexity index is 1120. The van der Waals surface area contributed by atoms with Gasteiger partial charge in [-0.2, -0.15) is 0 Å². The van der Waals surface area contributed by atoms with Gasteiger partial charge in [-0.25, -0.2) is 9.78 Å². The van der Waals surface area contributed by atoms with Crippen LogP contribution in [0, 0.1) is 0 Å². The maximum absolute atomic E-state index is 13.2. The minimum atomic E-state index is -1.25. The van der Waals surface area contributed by atoms with Gasteiger partial charge in [0.15, 0.2) is 0 Å². The summed E-state index contributed by atoms with van der Waals surface area (Å²) in [5.74, 6) is -0.0685. The van der Waals surface area contributed by atoms with Crippen LogP contribution in [-0.4, -0.2) is 45.2 Å². The first kappa shape index (κ1) is 20.2. The highest BCUT2D eigenvalue weighted by molar-refractivity contribution is 5.95. The third kappa shape index (κ3) is 4.42. The zero-order valence-electron chi connectivity index (χ0n) is 16.9. The first-order valence-electron chi connectivity index (χ1n) is 9.81. The average molecular weight is 418 g/mol. The second kappa shape index (κ2) is 8.35.